The summed E-state index contributed by atoms with van der Waals surface area (Å²) in [7, 11) is 4.58. The van der Waals surface area contributed by atoms with Crippen molar-refractivity contribution in [2.45, 2.75) is 32.6 Å². The fourth-order valence-corrected chi connectivity index (χ4v) is 4.01. The zero-order valence-electron chi connectivity index (χ0n) is 12.5. The van der Waals surface area contributed by atoms with E-state index in [1.165, 1.54) is 65.0 Å². The summed E-state index contributed by atoms with van der Waals surface area (Å²) in [5.41, 5.74) is 0.563. The molecule has 1 N–H and O–H groups in total. The van der Waals surface area contributed by atoms with Crippen molar-refractivity contribution >= 4 is 0 Å². The summed E-state index contributed by atoms with van der Waals surface area (Å²) in [6.07, 6.45) is 5.46. The van der Waals surface area contributed by atoms with E-state index in [2.05, 4.69) is 36.1 Å². The molecule has 2 unspecified atom stereocenters. The highest BCUT2D eigenvalue weighted by atomic mass is 15.2. The molecule has 0 bridgehead atoms. The molecule has 2 aliphatic rings. The molecular formula is C15H31N3. The number of likely N-dealkylation sites (tertiary alicyclic amines) is 1. The van der Waals surface area contributed by atoms with Crippen LogP contribution in [0.3, 0.4) is 0 Å². The van der Waals surface area contributed by atoms with E-state index in [9.17, 15) is 0 Å². The molecule has 2 rings (SSSR count). The largest absolute Gasteiger partial charge is 0.316 e. The first-order valence-corrected chi connectivity index (χ1v) is 7.71. The molecule has 18 heavy (non-hydrogen) atoms. The van der Waals surface area contributed by atoms with Crippen LogP contribution in [0.1, 0.15) is 32.6 Å². The quantitative estimate of drug-likeness (QED) is 0.776. The van der Waals surface area contributed by atoms with E-state index < -0.39 is 0 Å². The van der Waals surface area contributed by atoms with Gasteiger partial charge < -0.3 is 15.1 Å². The molecule has 2 atom stereocenters. The number of nitrogens with zero attached hydrogens (tertiary/aromatic N) is 2. The molecule has 0 aliphatic carbocycles. The Morgan fingerprint density at radius 3 is 2.83 bits per heavy atom. The summed E-state index contributed by atoms with van der Waals surface area (Å²) < 4.78 is 0. The van der Waals surface area contributed by atoms with Gasteiger partial charge in [0.25, 0.3) is 0 Å². The molecule has 3 heteroatoms. The average molecular weight is 253 g/mol. The van der Waals surface area contributed by atoms with Gasteiger partial charge in [-0.1, -0.05) is 13.3 Å². The maximum Gasteiger partial charge on any atom is 0.00477 e. The van der Waals surface area contributed by atoms with Gasteiger partial charge in [0.2, 0.25) is 0 Å². The van der Waals surface area contributed by atoms with Gasteiger partial charge in [0.15, 0.2) is 0 Å². The van der Waals surface area contributed by atoms with Gasteiger partial charge in [-0.2, -0.15) is 0 Å². The van der Waals surface area contributed by atoms with E-state index in [0.717, 1.165) is 5.92 Å². The van der Waals surface area contributed by atoms with Gasteiger partial charge in [-0.3, -0.25) is 0 Å². The van der Waals surface area contributed by atoms with E-state index in [1.54, 1.807) is 0 Å². The van der Waals surface area contributed by atoms with Crippen LogP contribution in [0.2, 0.25) is 0 Å². The van der Waals surface area contributed by atoms with Crippen LogP contribution < -0.4 is 5.32 Å². The SMILES string of the molecule is CCCC1(CN(C)CC2CCN(C)C2)CCNC1. The van der Waals surface area contributed by atoms with Gasteiger partial charge in [-0.25, -0.2) is 0 Å². The lowest BCUT2D eigenvalue weighted by atomic mass is 9.82. The number of nitrogens with one attached hydrogen (secondary N) is 1. The average Bonchev–Trinajstić information content (AvgIpc) is 2.89. The number of hydrogen-bond acceptors (Lipinski definition) is 3. The van der Waals surface area contributed by atoms with E-state index in [0.29, 0.717) is 5.41 Å². The van der Waals surface area contributed by atoms with Gasteiger partial charge >= 0.3 is 0 Å². The highest BCUT2D eigenvalue weighted by Crippen LogP contribution is 2.32. The summed E-state index contributed by atoms with van der Waals surface area (Å²) in [4.78, 5) is 5.07. The van der Waals surface area contributed by atoms with Crippen LogP contribution in [0, 0.1) is 11.3 Å². The third kappa shape index (κ3) is 3.69. The summed E-state index contributed by atoms with van der Waals surface area (Å²) in [6, 6.07) is 0. The topological polar surface area (TPSA) is 18.5 Å². The molecular weight excluding hydrogens is 222 g/mol. The lowest BCUT2D eigenvalue weighted by Gasteiger charge is -2.34. The second-order valence-corrected chi connectivity index (χ2v) is 6.79. The molecule has 2 heterocycles. The smallest absolute Gasteiger partial charge is 0.00477 e. The van der Waals surface area contributed by atoms with Crippen LogP contribution in [-0.2, 0) is 0 Å². The van der Waals surface area contributed by atoms with Crippen LogP contribution in [0.25, 0.3) is 0 Å². The Kier molecular flexibility index (Phi) is 5.05. The van der Waals surface area contributed by atoms with Crippen LogP contribution in [0.5, 0.6) is 0 Å². The maximum atomic E-state index is 3.57. The standard InChI is InChI=1S/C15H31N3/c1-4-6-15(7-8-16-12-15)13-18(3)11-14-5-9-17(2)10-14/h14,16H,4-13H2,1-3H3. The van der Waals surface area contributed by atoms with Gasteiger partial charge in [0, 0.05) is 26.2 Å². The molecule has 0 saturated carbocycles. The van der Waals surface area contributed by atoms with E-state index in [4.69, 9.17) is 0 Å². The van der Waals surface area contributed by atoms with Crippen LogP contribution in [-0.4, -0.2) is 63.2 Å². The molecule has 0 aromatic rings. The Bertz CT molecular complexity index is 248. The lowest BCUT2D eigenvalue weighted by molar-refractivity contribution is 0.161. The zero-order chi connectivity index (χ0) is 13.0. The number of hydrogen-bond donors (Lipinski definition) is 1. The van der Waals surface area contributed by atoms with Gasteiger partial charge in [-0.05, 0) is 57.8 Å². The highest BCUT2D eigenvalue weighted by molar-refractivity contribution is 4.90. The maximum absolute atomic E-state index is 3.57. The summed E-state index contributed by atoms with van der Waals surface area (Å²) >= 11 is 0. The van der Waals surface area contributed by atoms with Crippen molar-refractivity contribution in [1.82, 2.24) is 15.1 Å². The first-order chi connectivity index (χ1) is 8.63. The second-order valence-electron chi connectivity index (χ2n) is 6.79. The van der Waals surface area contributed by atoms with E-state index >= 15 is 0 Å². The van der Waals surface area contributed by atoms with Crippen molar-refractivity contribution in [3.8, 4) is 0 Å². The molecule has 106 valence electrons. The van der Waals surface area contributed by atoms with Crippen molar-refractivity contribution in [3.05, 3.63) is 0 Å². The highest BCUT2D eigenvalue weighted by Gasteiger charge is 2.34. The van der Waals surface area contributed by atoms with Crippen molar-refractivity contribution < 1.29 is 0 Å². The molecule has 0 aromatic carbocycles. The lowest BCUT2D eigenvalue weighted by Crippen LogP contribution is -2.39. The Hall–Kier alpha value is -0.120. The van der Waals surface area contributed by atoms with Crippen molar-refractivity contribution in [3.63, 3.8) is 0 Å². The first kappa shape index (κ1) is 14.3. The molecule has 3 nitrogen and oxygen atoms in total. The van der Waals surface area contributed by atoms with Gasteiger partial charge in [0.1, 0.15) is 0 Å². The predicted octanol–water partition coefficient (Wildman–Crippen LogP) is 1.65. The zero-order valence-corrected chi connectivity index (χ0v) is 12.5. The van der Waals surface area contributed by atoms with Crippen molar-refractivity contribution in [2.24, 2.45) is 11.3 Å². The Balaban J connectivity index is 1.79. The fourth-order valence-electron chi connectivity index (χ4n) is 4.01. The van der Waals surface area contributed by atoms with Crippen LogP contribution in [0.4, 0.5) is 0 Å². The van der Waals surface area contributed by atoms with Gasteiger partial charge in [-0.15, -0.1) is 0 Å². The van der Waals surface area contributed by atoms with E-state index in [-0.39, 0.29) is 0 Å². The van der Waals surface area contributed by atoms with Crippen LogP contribution >= 0.6 is 0 Å². The van der Waals surface area contributed by atoms with Gasteiger partial charge in [0.05, 0.1) is 0 Å². The van der Waals surface area contributed by atoms with Crippen molar-refractivity contribution in [2.75, 3.05) is 53.4 Å². The summed E-state index contributed by atoms with van der Waals surface area (Å²) in [5, 5.41) is 3.57. The minimum atomic E-state index is 0.563. The fraction of sp³-hybridized carbons (Fsp3) is 1.00. The Morgan fingerprint density at radius 1 is 1.44 bits per heavy atom. The minimum absolute atomic E-state index is 0.563. The Labute approximate surface area is 113 Å². The molecule has 2 fully saturated rings. The molecule has 0 amide bonds. The molecule has 0 aromatic heterocycles. The second kappa shape index (κ2) is 6.36. The molecule has 2 saturated heterocycles. The minimum Gasteiger partial charge on any atom is -0.316 e. The predicted molar refractivity (Wildman–Crippen MR) is 77.9 cm³/mol. The van der Waals surface area contributed by atoms with Crippen LogP contribution in [0.15, 0.2) is 0 Å². The Morgan fingerprint density at radius 2 is 2.28 bits per heavy atom. The summed E-state index contributed by atoms with van der Waals surface area (Å²) in [6.45, 7) is 9.94. The summed E-state index contributed by atoms with van der Waals surface area (Å²) in [5.74, 6) is 0.896. The normalized spacial score (nSPS) is 33.7. The molecule has 0 spiro atoms. The third-order valence-electron chi connectivity index (χ3n) is 4.78. The third-order valence-corrected chi connectivity index (χ3v) is 4.78. The molecule has 2 aliphatic heterocycles. The molecule has 0 radical (unpaired) electrons. The van der Waals surface area contributed by atoms with Crippen molar-refractivity contribution in [1.29, 1.82) is 0 Å². The first-order valence-electron chi connectivity index (χ1n) is 7.71. The van der Waals surface area contributed by atoms with E-state index in [1.807, 2.05) is 0 Å². The monoisotopic (exact) mass is 253 g/mol. The number of rotatable bonds is 6.